The normalized spacial score (nSPS) is 10.7. The van der Waals surface area contributed by atoms with Gasteiger partial charge in [0.2, 0.25) is 0 Å². The number of nitrogens with zero attached hydrogens (tertiary/aromatic N) is 2. The second-order valence-electron chi connectivity index (χ2n) is 5.17. The molecule has 6 nitrogen and oxygen atoms in total. The van der Waals surface area contributed by atoms with Gasteiger partial charge in [-0.05, 0) is 51.1 Å². The number of ether oxygens (including phenoxy) is 1. The third kappa shape index (κ3) is 3.33. The summed E-state index contributed by atoms with van der Waals surface area (Å²) >= 11 is 0. The number of hydrogen-bond donors (Lipinski definition) is 2. The summed E-state index contributed by atoms with van der Waals surface area (Å²) in [4.78, 5) is 12.1. The fourth-order valence-electron chi connectivity index (χ4n) is 2.07. The summed E-state index contributed by atoms with van der Waals surface area (Å²) < 4.78 is 6.91. The van der Waals surface area contributed by atoms with Crippen LogP contribution in [0.1, 0.15) is 26.3 Å². The lowest BCUT2D eigenvalue weighted by molar-refractivity contribution is 0.242. The molecule has 22 heavy (non-hydrogen) atoms. The maximum atomic E-state index is 12.1. The maximum absolute atomic E-state index is 12.1. The molecule has 0 saturated heterocycles. The molecule has 0 aliphatic rings. The van der Waals surface area contributed by atoms with Crippen molar-refractivity contribution in [3.8, 4) is 17.0 Å². The molecule has 1 aromatic carbocycles. The molecule has 0 amide bonds. The van der Waals surface area contributed by atoms with Gasteiger partial charge in [-0.1, -0.05) is 0 Å². The summed E-state index contributed by atoms with van der Waals surface area (Å²) in [6.45, 7) is 6.17. The Morgan fingerprint density at radius 2 is 2.00 bits per heavy atom. The van der Waals surface area contributed by atoms with Gasteiger partial charge in [-0.15, -0.1) is 0 Å². The lowest BCUT2D eigenvalue weighted by Crippen LogP contribution is -2.31. The monoisotopic (exact) mass is 300 g/mol. The third-order valence-corrected chi connectivity index (χ3v) is 3.09. The van der Waals surface area contributed by atoms with Crippen LogP contribution in [0.25, 0.3) is 11.3 Å². The molecular formula is C16H20N4O2. The van der Waals surface area contributed by atoms with Crippen molar-refractivity contribution >= 4 is 5.84 Å². The van der Waals surface area contributed by atoms with E-state index in [0.717, 1.165) is 11.3 Å². The van der Waals surface area contributed by atoms with Gasteiger partial charge < -0.3 is 10.5 Å². The molecule has 0 radical (unpaired) electrons. The number of aryl methyl sites for hydroxylation is 1. The lowest BCUT2D eigenvalue weighted by Gasteiger charge is -2.11. The highest BCUT2D eigenvalue weighted by atomic mass is 16.5. The number of nitrogens with two attached hydrogens (primary N) is 1. The van der Waals surface area contributed by atoms with Crippen molar-refractivity contribution in [3.63, 3.8) is 0 Å². The van der Waals surface area contributed by atoms with Crippen molar-refractivity contribution in [3.05, 3.63) is 46.2 Å². The van der Waals surface area contributed by atoms with Gasteiger partial charge in [-0.3, -0.25) is 10.2 Å². The molecule has 6 heteroatoms. The Labute approximate surface area is 129 Å². The second kappa shape index (κ2) is 6.43. The van der Waals surface area contributed by atoms with E-state index < -0.39 is 0 Å². The van der Waals surface area contributed by atoms with E-state index in [1.165, 1.54) is 4.68 Å². The number of amidine groups is 1. The predicted molar refractivity (Wildman–Crippen MR) is 86.4 cm³/mol. The molecule has 0 aliphatic heterocycles. The first-order chi connectivity index (χ1) is 10.4. The first kappa shape index (κ1) is 15.8. The van der Waals surface area contributed by atoms with E-state index in [-0.39, 0.29) is 23.1 Å². The fourth-order valence-corrected chi connectivity index (χ4v) is 2.07. The third-order valence-electron chi connectivity index (χ3n) is 3.09. The van der Waals surface area contributed by atoms with Crippen LogP contribution in [0, 0.1) is 5.41 Å². The first-order valence-corrected chi connectivity index (χ1v) is 7.16. The number of nitrogens with one attached hydrogen (secondary N) is 1. The highest BCUT2D eigenvalue weighted by molar-refractivity contribution is 5.95. The molecule has 0 atom stereocenters. The van der Waals surface area contributed by atoms with Crippen molar-refractivity contribution in [2.45, 2.75) is 33.4 Å². The Balaban J connectivity index is 2.46. The lowest BCUT2D eigenvalue weighted by atomic mass is 10.1. The van der Waals surface area contributed by atoms with Gasteiger partial charge in [-0.25, -0.2) is 4.68 Å². The van der Waals surface area contributed by atoms with Crippen LogP contribution in [0.5, 0.6) is 5.75 Å². The summed E-state index contributed by atoms with van der Waals surface area (Å²) in [7, 11) is 0. The summed E-state index contributed by atoms with van der Waals surface area (Å²) in [6.07, 6.45) is 0.107. The van der Waals surface area contributed by atoms with E-state index in [1.54, 1.807) is 6.07 Å². The molecule has 0 saturated carbocycles. The predicted octanol–water partition coefficient (Wildman–Crippen LogP) is 2.00. The van der Waals surface area contributed by atoms with Gasteiger partial charge in [0.15, 0.2) is 0 Å². The van der Waals surface area contributed by atoms with Crippen molar-refractivity contribution in [2.24, 2.45) is 5.73 Å². The molecule has 2 rings (SSSR count). The summed E-state index contributed by atoms with van der Waals surface area (Å²) in [6, 6.07) is 9.00. The van der Waals surface area contributed by atoms with Crippen molar-refractivity contribution < 1.29 is 4.74 Å². The first-order valence-electron chi connectivity index (χ1n) is 7.16. The van der Waals surface area contributed by atoms with Gasteiger partial charge in [0.25, 0.3) is 5.56 Å². The standard InChI is InChI=1S/C16H20N4O2/c1-4-20-16(21)13(15(17)18)9-14(19-20)11-5-7-12(8-6-11)22-10(2)3/h5-10H,4H2,1-3H3,(H3,17,18). The van der Waals surface area contributed by atoms with Crippen molar-refractivity contribution in [2.75, 3.05) is 0 Å². The Hall–Kier alpha value is -2.63. The van der Waals surface area contributed by atoms with E-state index in [4.69, 9.17) is 15.9 Å². The van der Waals surface area contributed by atoms with Crippen LogP contribution in [0.2, 0.25) is 0 Å². The van der Waals surface area contributed by atoms with Crippen LogP contribution in [0.3, 0.4) is 0 Å². The van der Waals surface area contributed by atoms with Crippen LogP contribution in [-0.2, 0) is 6.54 Å². The van der Waals surface area contributed by atoms with Gasteiger partial charge >= 0.3 is 0 Å². The number of aromatic nitrogens is 2. The highest BCUT2D eigenvalue weighted by Crippen LogP contribution is 2.21. The van der Waals surface area contributed by atoms with Crippen molar-refractivity contribution in [1.82, 2.24) is 9.78 Å². The Kier molecular flexibility index (Phi) is 4.60. The van der Waals surface area contributed by atoms with Crippen LogP contribution in [0.4, 0.5) is 0 Å². The average molecular weight is 300 g/mol. The zero-order chi connectivity index (χ0) is 16.3. The summed E-state index contributed by atoms with van der Waals surface area (Å²) in [5.74, 6) is 0.518. The molecule has 0 aliphatic carbocycles. The average Bonchev–Trinajstić information content (AvgIpc) is 2.47. The highest BCUT2D eigenvalue weighted by Gasteiger charge is 2.11. The largest absolute Gasteiger partial charge is 0.491 e. The van der Waals surface area contributed by atoms with Gasteiger partial charge in [-0.2, -0.15) is 5.10 Å². The minimum absolute atomic E-state index is 0.107. The van der Waals surface area contributed by atoms with Crippen LogP contribution in [-0.4, -0.2) is 21.7 Å². The molecule has 116 valence electrons. The number of benzene rings is 1. The van der Waals surface area contributed by atoms with Gasteiger partial charge in [0.05, 0.1) is 17.4 Å². The minimum Gasteiger partial charge on any atom is -0.491 e. The number of rotatable bonds is 5. The van der Waals surface area contributed by atoms with Crippen LogP contribution < -0.4 is 16.0 Å². The maximum Gasteiger partial charge on any atom is 0.277 e. The Morgan fingerprint density at radius 1 is 1.36 bits per heavy atom. The molecule has 1 aromatic heterocycles. The quantitative estimate of drug-likeness (QED) is 0.652. The summed E-state index contributed by atoms with van der Waals surface area (Å²) in [5.41, 5.74) is 6.73. The van der Waals surface area contributed by atoms with Gasteiger partial charge in [0, 0.05) is 12.1 Å². The molecule has 0 bridgehead atoms. The van der Waals surface area contributed by atoms with E-state index >= 15 is 0 Å². The molecule has 1 heterocycles. The van der Waals surface area contributed by atoms with Crippen molar-refractivity contribution in [1.29, 1.82) is 5.41 Å². The molecule has 0 spiro atoms. The van der Waals surface area contributed by atoms with E-state index in [9.17, 15) is 4.79 Å². The zero-order valence-corrected chi connectivity index (χ0v) is 13.0. The molecule has 0 fully saturated rings. The molecular weight excluding hydrogens is 280 g/mol. The molecule has 0 unspecified atom stereocenters. The number of hydrogen-bond acceptors (Lipinski definition) is 4. The van der Waals surface area contributed by atoms with E-state index in [2.05, 4.69) is 5.10 Å². The van der Waals surface area contributed by atoms with Crippen LogP contribution in [0.15, 0.2) is 35.1 Å². The second-order valence-corrected chi connectivity index (χ2v) is 5.17. The van der Waals surface area contributed by atoms with E-state index in [1.807, 2.05) is 45.0 Å². The molecule has 3 N–H and O–H groups in total. The number of nitrogen functional groups attached to an aromatic ring is 1. The smallest absolute Gasteiger partial charge is 0.277 e. The minimum atomic E-state index is -0.349. The van der Waals surface area contributed by atoms with Crippen LogP contribution >= 0.6 is 0 Å². The topological polar surface area (TPSA) is 94.0 Å². The SMILES string of the molecule is CCn1nc(-c2ccc(OC(C)C)cc2)cc(C(=N)N)c1=O. The Morgan fingerprint density at radius 3 is 2.50 bits per heavy atom. The van der Waals surface area contributed by atoms with E-state index in [0.29, 0.717) is 12.2 Å². The fraction of sp³-hybridized carbons (Fsp3) is 0.312. The Bertz CT molecular complexity index is 733. The van der Waals surface area contributed by atoms with Gasteiger partial charge in [0.1, 0.15) is 11.6 Å². The molecule has 2 aromatic rings. The zero-order valence-electron chi connectivity index (χ0n) is 13.0. The summed E-state index contributed by atoms with van der Waals surface area (Å²) in [5, 5.41) is 11.8.